The highest BCUT2D eigenvalue weighted by molar-refractivity contribution is 6.30. The Kier molecular flexibility index (Phi) is 7.85. The van der Waals surface area contributed by atoms with E-state index in [9.17, 15) is 0 Å². The number of hydrogen-bond donors (Lipinski definition) is 0. The molecule has 0 saturated heterocycles. The Morgan fingerprint density at radius 2 is 0.370 bits per heavy atom. The van der Waals surface area contributed by atoms with E-state index < -0.39 is 0 Å². The van der Waals surface area contributed by atoms with Gasteiger partial charge in [0, 0.05) is 44.3 Å². The van der Waals surface area contributed by atoms with Gasteiger partial charge in [-0.1, -0.05) is 170 Å². The van der Waals surface area contributed by atoms with Crippen molar-refractivity contribution < 1.29 is 0 Å². The molecular formula is C52H36N2. The van der Waals surface area contributed by atoms with Gasteiger partial charge in [0.1, 0.15) is 0 Å². The van der Waals surface area contributed by atoms with Crippen LogP contribution in [-0.4, -0.2) is 0 Å². The van der Waals surface area contributed by atoms with Crippen molar-refractivity contribution >= 4 is 77.2 Å². The van der Waals surface area contributed by atoms with Gasteiger partial charge in [0.15, 0.2) is 0 Å². The van der Waals surface area contributed by atoms with Crippen molar-refractivity contribution in [3.63, 3.8) is 0 Å². The molecule has 0 fully saturated rings. The third-order valence-corrected chi connectivity index (χ3v) is 10.6. The Balaban J connectivity index is 1.35. The lowest BCUT2D eigenvalue weighted by Crippen LogP contribution is -2.12. The first kappa shape index (κ1) is 31.6. The third kappa shape index (κ3) is 5.19. The topological polar surface area (TPSA) is 6.48 Å². The SMILES string of the molecule is c1ccc(N(c2ccccc2)c2c3ccccc3c(-c3c4ccccc4c(N(c4ccccc4)c4ccccc4)c4ccccc34)c3ccccc23)cc1. The van der Waals surface area contributed by atoms with Crippen molar-refractivity contribution in [3.8, 4) is 11.1 Å². The average molecular weight is 689 g/mol. The van der Waals surface area contributed by atoms with Crippen molar-refractivity contribution in [1.29, 1.82) is 0 Å². The Labute approximate surface area is 315 Å². The number of para-hydroxylation sites is 4. The maximum absolute atomic E-state index is 2.42. The lowest BCUT2D eigenvalue weighted by molar-refractivity contribution is 1.31. The zero-order valence-corrected chi connectivity index (χ0v) is 29.7. The van der Waals surface area contributed by atoms with Crippen LogP contribution in [0.3, 0.4) is 0 Å². The van der Waals surface area contributed by atoms with Crippen molar-refractivity contribution in [2.24, 2.45) is 0 Å². The van der Waals surface area contributed by atoms with E-state index in [2.05, 4.69) is 228 Å². The van der Waals surface area contributed by atoms with Crippen molar-refractivity contribution in [1.82, 2.24) is 0 Å². The molecule has 0 spiro atoms. The maximum atomic E-state index is 2.42. The first-order chi connectivity index (χ1) is 26.9. The molecular weight excluding hydrogens is 653 g/mol. The van der Waals surface area contributed by atoms with Gasteiger partial charge in [-0.2, -0.15) is 0 Å². The van der Waals surface area contributed by atoms with Crippen LogP contribution in [0.4, 0.5) is 34.1 Å². The van der Waals surface area contributed by atoms with Crippen LogP contribution in [0.2, 0.25) is 0 Å². The summed E-state index contributed by atoms with van der Waals surface area (Å²) in [4.78, 5) is 4.84. The smallest absolute Gasteiger partial charge is 0.0618 e. The molecule has 10 aromatic carbocycles. The highest BCUT2D eigenvalue weighted by Crippen LogP contribution is 2.53. The fourth-order valence-electron chi connectivity index (χ4n) is 8.35. The lowest BCUT2D eigenvalue weighted by Gasteiger charge is -2.31. The van der Waals surface area contributed by atoms with Gasteiger partial charge < -0.3 is 9.80 Å². The predicted molar refractivity (Wildman–Crippen MR) is 231 cm³/mol. The highest BCUT2D eigenvalue weighted by atomic mass is 15.2. The largest absolute Gasteiger partial charge is 0.309 e. The summed E-state index contributed by atoms with van der Waals surface area (Å²) in [7, 11) is 0. The second kappa shape index (κ2) is 13.4. The fourth-order valence-corrected chi connectivity index (χ4v) is 8.35. The zero-order chi connectivity index (χ0) is 35.8. The van der Waals surface area contributed by atoms with E-state index in [0.717, 1.165) is 22.7 Å². The Morgan fingerprint density at radius 1 is 0.185 bits per heavy atom. The summed E-state index contributed by atoms with van der Waals surface area (Å²) >= 11 is 0. The molecule has 0 radical (unpaired) electrons. The van der Waals surface area contributed by atoms with Gasteiger partial charge in [0.25, 0.3) is 0 Å². The molecule has 0 unspecified atom stereocenters. The summed E-state index contributed by atoms with van der Waals surface area (Å²) in [5.74, 6) is 0. The van der Waals surface area contributed by atoms with E-state index in [1.807, 2.05) is 0 Å². The van der Waals surface area contributed by atoms with Crippen LogP contribution in [0.15, 0.2) is 218 Å². The minimum Gasteiger partial charge on any atom is -0.309 e. The molecule has 0 aliphatic carbocycles. The van der Waals surface area contributed by atoms with Gasteiger partial charge >= 0.3 is 0 Å². The molecule has 0 amide bonds. The fraction of sp³-hybridized carbons (Fsp3) is 0. The molecule has 2 heteroatoms. The lowest BCUT2D eigenvalue weighted by atomic mass is 9.84. The van der Waals surface area contributed by atoms with Crippen LogP contribution in [0.5, 0.6) is 0 Å². The van der Waals surface area contributed by atoms with Gasteiger partial charge in [0.2, 0.25) is 0 Å². The molecule has 2 nitrogen and oxygen atoms in total. The first-order valence-electron chi connectivity index (χ1n) is 18.5. The summed E-state index contributed by atoms with van der Waals surface area (Å²) < 4.78 is 0. The van der Waals surface area contributed by atoms with Gasteiger partial charge in [-0.15, -0.1) is 0 Å². The molecule has 0 heterocycles. The van der Waals surface area contributed by atoms with Gasteiger partial charge in [-0.05, 0) is 81.2 Å². The molecule has 10 rings (SSSR count). The zero-order valence-electron chi connectivity index (χ0n) is 29.7. The van der Waals surface area contributed by atoms with Crippen LogP contribution < -0.4 is 9.80 Å². The van der Waals surface area contributed by atoms with E-state index >= 15 is 0 Å². The second-order valence-electron chi connectivity index (χ2n) is 13.6. The van der Waals surface area contributed by atoms with Crippen molar-refractivity contribution in [2.45, 2.75) is 0 Å². The maximum Gasteiger partial charge on any atom is 0.0618 e. The number of benzene rings is 10. The Morgan fingerprint density at radius 3 is 0.593 bits per heavy atom. The number of nitrogens with zero attached hydrogens (tertiary/aromatic N) is 2. The van der Waals surface area contributed by atoms with Crippen molar-refractivity contribution in [2.75, 3.05) is 9.80 Å². The minimum atomic E-state index is 1.12. The average Bonchev–Trinajstić information content (AvgIpc) is 3.25. The van der Waals surface area contributed by atoms with E-state index in [4.69, 9.17) is 0 Å². The Hall–Kier alpha value is -7.16. The van der Waals surface area contributed by atoms with Gasteiger partial charge in [-0.3, -0.25) is 0 Å². The van der Waals surface area contributed by atoms with Gasteiger partial charge in [0.05, 0.1) is 11.4 Å². The summed E-state index contributed by atoms with van der Waals surface area (Å²) in [6.07, 6.45) is 0. The second-order valence-corrected chi connectivity index (χ2v) is 13.6. The number of rotatable bonds is 7. The van der Waals surface area contributed by atoms with E-state index in [-0.39, 0.29) is 0 Å². The van der Waals surface area contributed by atoms with Crippen LogP contribution in [0.25, 0.3) is 54.2 Å². The molecule has 10 aromatic rings. The van der Waals surface area contributed by atoms with E-state index in [0.29, 0.717) is 0 Å². The molecule has 0 N–H and O–H groups in total. The summed E-state index contributed by atoms with van der Waals surface area (Å²) in [6, 6.07) is 78.8. The number of fused-ring (bicyclic) bond motifs is 4. The molecule has 54 heavy (non-hydrogen) atoms. The molecule has 0 aliphatic rings. The molecule has 254 valence electrons. The first-order valence-corrected chi connectivity index (χ1v) is 18.5. The third-order valence-electron chi connectivity index (χ3n) is 10.6. The van der Waals surface area contributed by atoms with Crippen molar-refractivity contribution in [3.05, 3.63) is 218 Å². The predicted octanol–water partition coefficient (Wildman–Crippen LogP) is 14.9. The summed E-state index contributed by atoms with van der Waals surface area (Å²) in [5.41, 5.74) is 9.32. The van der Waals surface area contributed by atoms with Crippen LogP contribution in [-0.2, 0) is 0 Å². The van der Waals surface area contributed by atoms with Crippen LogP contribution >= 0.6 is 0 Å². The molecule has 0 saturated carbocycles. The Bertz CT molecular complexity index is 2530. The molecule has 0 aromatic heterocycles. The standard InChI is InChI=1S/C52H36N2/c1-5-21-37(22-6-1)53(38-23-7-2-8-24-38)51-45-33-17-13-29-41(45)49(42-30-14-18-34-46(42)51)50-43-31-15-19-35-47(43)52(48-36-20-16-32-44(48)50)54(39-25-9-3-10-26-39)40-27-11-4-12-28-40/h1-36H. The minimum absolute atomic E-state index is 1.12. The summed E-state index contributed by atoms with van der Waals surface area (Å²) in [6.45, 7) is 0. The quantitative estimate of drug-likeness (QED) is 0.154. The van der Waals surface area contributed by atoms with Crippen LogP contribution in [0, 0.1) is 0 Å². The molecule has 0 aliphatic heterocycles. The van der Waals surface area contributed by atoms with Crippen LogP contribution in [0.1, 0.15) is 0 Å². The number of anilines is 6. The molecule has 0 atom stereocenters. The highest BCUT2D eigenvalue weighted by Gasteiger charge is 2.26. The van der Waals surface area contributed by atoms with E-state index in [1.165, 1.54) is 65.6 Å². The normalized spacial score (nSPS) is 11.3. The number of hydrogen-bond acceptors (Lipinski definition) is 2. The van der Waals surface area contributed by atoms with E-state index in [1.54, 1.807) is 0 Å². The molecule has 0 bridgehead atoms. The monoisotopic (exact) mass is 688 g/mol. The summed E-state index contributed by atoms with van der Waals surface area (Å²) in [5, 5.41) is 9.67. The van der Waals surface area contributed by atoms with Gasteiger partial charge in [-0.25, -0.2) is 0 Å².